The van der Waals surface area contributed by atoms with Crippen molar-refractivity contribution in [2.45, 2.75) is 39.7 Å². The van der Waals surface area contributed by atoms with Crippen molar-refractivity contribution in [1.82, 2.24) is 10.3 Å². The summed E-state index contributed by atoms with van der Waals surface area (Å²) in [6, 6.07) is 13.5. The van der Waals surface area contributed by atoms with Crippen molar-refractivity contribution in [2.24, 2.45) is 10.7 Å². The van der Waals surface area contributed by atoms with E-state index in [4.69, 9.17) is 10.5 Å². The lowest BCUT2D eigenvalue weighted by Crippen LogP contribution is -2.26. The first-order chi connectivity index (χ1) is 15.7. The number of amides is 1. The van der Waals surface area contributed by atoms with Gasteiger partial charge in [-0.15, -0.1) is 0 Å². The zero-order valence-corrected chi connectivity index (χ0v) is 19.8. The summed E-state index contributed by atoms with van der Waals surface area (Å²) >= 11 is 0. The number of aromatic nitrogens is 1. The minimum atomic E-state index is -0.249. The van der Waals surface area contributed by atoms with Crippen LogP contribution in [0.15, 0.2) is 65.6 Å². The fraction of sp³-hybridized carbons (Fsp3) is 0.269. The van der Waals surface area contributed by atoms with Crippen LogP contribution in [0.2, 0.25) is 0 Å². The Balaban J connectivity index is 1.72. The highest BCUT2D eigenvalue weighted by molar-refractivity contribution is 5.89. The van der Waals surface area contributed by atoms with Gasteiger partial charge in [0, 0.05) is 36.7 Å². The van der Waals surface area contributed by atoms with E-state index in [-0.39, 0.29) is 17.9 Å². The van der Waals surface area contributed by atoms with Crippen LogP contribution in [0.4, 0.5) is 5.69 Å². The van der Waals surface area contributed by atoms with Crippen LogP contribution in [0.5, 0.6) is 11.5 Å². The van der Waals surface area contributed by atoms with Crippen LogP contribution >= 0.6 is 0 Å². The van der Waals surface area contributed by atoms with Crippen LogP contribution in [0.1, 0.15) is 31.9 Å². The second-order valence-corrected chi connectivity index (χ2v) is 8.77. The number of nitrogens with one attached hydrogen (secondary N) is 2. The lowest BCUT2D eigenvalue weighted by atomic mass is 10.1. The molecule has 33 heavy (non-hydrogen) atoms. The van der Waals surface area contributed by atoms with Crippen LogP contribution < -0.4 is 21.1 Å². The second kappa shape index (κ2) is 10.2. The molecule has 0 spiro atoms. The number of hydrogen-bond acceptors (Lipinski definition) is 6. The first kappa shape index (κ1) is 23.8. The van der Waals surface area contributed by atoms with E-state index in [1.165, 1.54) is 6.20 Å². The number of carbonyl (C=O) groups is 1. The molecule has 0 radical (unpaired) electrons. The number of carbonyl (C=O) groups excluding carboxylic acids is 1. The van der Waals surface area contributed by atoms with E-state index in [1.807, 2.05) is 77.2 Å². The normalized spacial score (nSPS) is 12.2. The number of hydrogen-bond donors (Lipinski definition) is 3. The summed E-state index contributed by atoms with van der Waals surface area (Å²) in [6.07, 6.45) is 4.87. The monoisotopic (exact) mass is 445 g/mol. The number of rotatable bonds is 7. The van der Waals surface area contributed by atoms with Crippen molar-refractivity contribution in [3.8, 4) is 11.5 Å². The van der Waals surface area contributed by atoms with Crippen LogP contribution in [0, 0.1) is 6.92 Å². The quantitative estimate of drug-likeness (QED) is 0.457. The van der Waals surface area contributed by atoms with Gasteiger partial charge in [0.1, 0.15) is 11.5 Å². The summed E-state index contributed by atoms with van der Waals surface area (Å²) in [7, 11) is 1.88. The molecule has 1 aromatic heterocycles. The van der Waals surface area contributed by atoms with Gasteiger partial charge in [0.2, 0.25) is 5.91 Å². The van der Waals surface area contributed by atoms with Gasteiger partial charge in [-0.2, -0.15) is 0 Å². The molecule has 3 rings (SSSR count). The van der Waals surface area contributed by atoms with Crippen LogP contribution in [-0.4, -0.2) is 29.7 Å². The Morgan fingerprint density at radius 2 is 1.94 bits per heavy atom. The Bertz CT molecular complexity index is 1210. The summed E-state index contributed by atoms with van der Waals surface area (Å²) < 4.78 is 6.22. The molecule has 0 aliphatic carbocycles. The Morgan fingerprint density at radius 1 is 1.15 bits per heavy atom. The average molecular weight is 446 g/mol. The second-order valence-electron chi connectivity index (χ2n) is 8.77. The maximum Gasteiger partial charge on any atom is 0.228 e. The van der Waals surface area contributed by atoms with Crippen molar-refractivity contribution >= 4 is 28.7 Å². The summed E-state index contributed by atoms with van der Waals surface area (Å²) in [5, 5.41) is 6.86. The number of allylic oxidation sites excluding steroid dienone is 1. The molecule has 0 bridgehead atoms. The number of fused-ring (bicyclic) bond motifs is 1. The van der Waals surface area contributed by atoms with E-state index in [0.29, 0.717) is 5.70 Å². The highest BCUT2D eigenvalue weighted by atomic mass is 16.5. The Kier molecular flexibility index (Phi) is 7.33. The lowest BCUT2D eigenvalue weighted by Gasteiger charge is -2.13. The van der Waals surface area contributed by atoms with Crippen molar-refractivity contribution in [2.75, 3.05) is 12.4 Å². The fourth-order valence-corrected chi connectivity index (χ4v) is 3.19. The van der Waals surface area contributed by atoms with E-state index in [2.05, 4.69) is 20.6 Å². The third kappa shape index (κ3) is 6.55. The first-order valence-electron chi connectivity index (χ1n) is 10.8. The molecular formula is C26H31N5O2. The SMILES string of the molecule is CNc1ccc2nccc(Oc3ccc(CC(=O)N/C(C=NC(C)(C)C)=C/N)cc3C)c2c1. The van der Waals surface area contributed by atoms with Crippen LogP contribution in [0.3, 0.4) is 0 Å². The van der Waals surface area contributed by atoms with E-state index < -0.39 is 0 Å². The van der Waals surface area contributed by atoms with Gasteiger partial charge < -0.3 is 21.1 Å². The molecule has 3 aromatic rings. The molecular weight excluding hydrogens is 414 g/mol. The topological polar surface area (TPSA) is 102 Å². The molecule has 0 fully saturated rings. The average Bonchev–Trinajstić information content (AvgIpc) is 2.77. The summed E-state index contributed by atoms with van der Waals surface area (Å²) in [5.41, 5.74) is 9.49. The van der Waals surface area contributed by atoms with E-state index in [9.17, 15) is 4.79 Å². The van der Waals surface area contributed by atoms with Gasteiger partial charge in [-0.05, 0) is 69.2 Å². The van der Waals surface area contributed by atoms with E-state index >= 15 is 0 Å². The molecule has 0 unspecified atom stereocenters. The molecule has 172 valence electrons. The summed E-state index contributed by atoms with van der Waals surface area (Å²) in [4.78, 5) is 21.3. The molecule has 7 nitrogen and oxygen atoms in total. The Hall–Kier alpha value is -3.87. The first-order valence-corrected chi connectivity index (χ1v) is 10.8. The molecule has 1 heterocycles. The van der Waals surface area contributed by atoms with Gasteiger partial charge in [-0.3, -0.25) is 14.8 Å². The Labute approximate surface area is 194 Å². The van der Waals surface area contributed by atoms with Crippen molar-refractivity contribution in [1.29, 1.82) is 0 Å². The number of nitrogens with zero attached hydrogens (tertiary/aromatic N) is 2. The lowest BCUT2D eigenvalue weighted by molar-refractivity contribution is -0.119. The minimum absolute atomic E-state index is 0.167. The van der Waals surface area contributed by atoms with Crippen molar-refractivity contribution < 1.29 is 9.53 Å². The molecule has 0 aliphatic rings. The molecule has 0 atom stereocenters. The number of aryl methyl sites for hydroxylation is 1. The maximum atomic E-state index is 12.5. The van der Waals surface area contributed by atoms with Gasteiger partial charge >= 0.3 is 0 Å². The highest BCUT2D eigenvalue weighted by Crippen LogP contribution is 2.32. The number of ether oxygens (including phenoxy) is 1. The third-order valence-electron chi connectivity index (χ3n) is 4.87. The number of aliphatic imine (C=N–C) groups is 1. The Morgan fingerprint density at radius 3 is 2.61 bits per heavy atom. The van der Waals surface area contributed by atoms with E-state index in [1.54, 1.807) is 12.4 Å². The zero-order valence-electron chi connectivity index (χ0n) is 19.8. The van der Waals surface area contributed by atoms with Gasteiger partial charge in [-0.25, -0.2) is 0 Å². The maximum absolute atomic E-state index is 12.5. The number of nitrogens with two attached hydrogens (primary N) is 1. The molecule has 7 heteroatoms. The van der Waals surface area contributed by atoms with Crippen molar-refractivity contribution in [3.63, 3.8) is 0 Å². The van der Waals surface area contributed by atoms with Crippen LogP contribution in [-0.2, 0) is 11.2 Å². The fourth-order valence-electron chi connectivity index (χ4n) is 3.19. The zero-order chi connectivity index (χ0) is 24.0. The number of pyridine rings is 1. The number of anilines is 1. The molecule has 0 aliphatic heterocycles. The molecule has 0 saturated carbocycles. The minimum Gasteiger partial charge on any atom is -0.456 e. The number of benzene rings is 2. The van der Waals surface area contributed by atoms with Crippen LogP contribution in [0.25, 0.3) is 10.9 Å². The largest absolute Gasteiger partial charge is 0.456 e. The summed E-state index contributed by atoms with van der Waals surface area (Å²) in [6.45, 7) is 7.88. The molecule has 1 amide bonds. The van der Waals surface area contributed by atoms with Gasteiger partial charge in [0.05, 0.1) is 23.2 Å². The molecule has 2 aromatic carbocycles. The predicted octanol–water partition coefficient (Wildman–Crippen LogP) is 4.71. The third-order valence-corrected chi connectivity index (χ3v) is 4.87. The molecule has 4 N–H and O–H groups in total. The standard InChI is InChI=1S/C26H31N5O2/c1-17-12-18(13-25(32)31-20(15-27)16-30-26(2,3)4)6-9-23(17)33-24-10-11-29-22-8-7-19(28-5)14-21(22)24/h6-12,14-16,28H,13,27H2,1-5H3,(H,31,32)/b20-15+,30-16?. The molecule has 0 saturated heterocycles. The van der Waals surface area contributed by atoms with Gasteiger partial charge in [0.15, 0.2) is 0 Å². The highest BCUT2D eigenvalue weighted by Gasteiger charge is 2.11. The predicted molar refractivity (Wildman–Crippen MR) is 135 cm³/mol. The van der Waals surface area contributed by atoms with E-state index in [0.717, 1.165) is 39.2 Å². The van der Waals surface area contributed by atoms with Gasteiger partial charge in [0.25, 0.3) is 0 Å². The summed E-state index contributed by atoms with van der Waals surface area (Å²) in [5.74, 6) is 1.28. The van der Waals surface area contributed by atoms with Gasteiger partial charge in [-0.1, -0.05) is 12.1 Å². The van der Waals surface area contributed by atoms with Crippen molar-refractivity contribution in [3.05, 3.63) is 71.7 Å². The smallest absolute Gasteiger partial charge is 0.228 e.